The molecule has 0 saturated carbocycles. The van der Waals surface area contributed by atoms with E-state index in [2.05, 4.69) is 25.9 Å². The van der Waals surface area contributed by atoms with Gasteiger partial charge in [0.1, 0.15) is 10.5 Å². The standard InChI is InChI=1S/C8H7BrN2OS/c1-4-7(12)11-6-2-5(3-9)13-8(6)10-4/h2H,3H2,1H3,(H,11,12). The summed E-state index contributed by atoms with van der Waals surface area (Å²) in [7, 11) is 0. The van der Waals surface area contributed by atoms with Crippen LogP contribution in [0.15, 0.2) is 10.9 Å². The number of thiophene rings is 1. The molecule has 0 atom stereocenters. The van der Waals surface area contributed by atoms with Gasteiger partial charge in [0.15, 0.2) is 0 Å². The number of rotatable bonds is 1. The van der Waals surface area contributed by atoms with Crippen LogP contribution in [0.5, 0.6) is 0 Å². The Morgan fingerprint density at radius 3 is 3.15 bits per heavy atom. The molecule has 68 valence electrons. The van der Waals surface area contributed by atoms with Crippen LogP contribution in [-0.4, -0.2) is 9.97 Å². The SMILES string of the molecule is Cc1nc2sc(CBr)cc2[nH]c1=O. The number of nitrogens with zero attached hydrogens (tertiary/aromatic N) is 1. The van der Waals surface area contributed by atoms with Crippen LogP contribution in [0.4, 0.5) is 0 Å². The van der Waals surface area contributed by atoms with E-state index in [4.69, 9.17) is 0 Å². The van der Waals surface area contributed by atoms with Gasteiger partial charge in [-0.1, -0.05) is 15.9 Å². The van der Waals surface area contributed by atoms with Crippen LogP contribution >= 0.6 is 27.3 Å². The predicted molar refractivity (Wildman–Crippen MR) is 57.6 cm³/mol. The molecule has 0 unspecified atom stereocenters. The Morgan fingerprint density at radius 1 is 1.69 bits per heavy atom. The maximum Gasteiger partial charge on any atom is 0.269 e. The number of fused-ring (bicyclic) bond motifs is 1. The monoisotopic (exact) mass is 258 g/mol. The van der Waals surface area contributed by atoms with Gasteiger partial charge in [-0.2, -0.15) is 0 Å². The first-order valence-corrected chi connectivity index (χ1v) is 5.70. The van der Waals surface area contributed by atoms with Gasteiger partial charge in [-0.05, 0) is 13.0 Å². The van der Waals surface area contributed by atoms with E-state index < -0.39 is 0 Å². The number of hydrogen-bond donors (Lipinski definition) is 1. The normalized spacial score (nSPS) is 10.9. The number of aromatic nitrogens is 2. The molecule has 5 heteroatoms. The van der Waals surface area contributed by atoms with E-state index in [1.807, 2.05) is 6.07 Å². The zero-order chi connectivity index (χ0) is 9.42. The van der Waals surface area contributed by atoms with Crippen LogP contribution in [0.1, 0.15) is 10.6 Å². The Labute approximate surface area is 87.0 Å². The summed E-state index contributed by atoms with van der Waals surface area (Å²) in [4.78, 5) is 20.3. The molecule has 2 aromatic heterocycles. The van der Waals surface area contributed by atoms with Crippen LogP contribution in [0.25, 0.3) is 10.3 Å². The lowest BCUT2D eigenvalue weighted by Crippen LogP contribution is -2.10. The Bertz CT molecular complexity index is 502. The molecular formula is C8H7BrN2OS. The van der Waals surface area contributed by atoms with E-state index in [0.717, 1.165) is 15.7 Å². The maximum absolute atomic E-state index is 11.2. The van der Waals surface area contributed by atoms with Crippen molar-refractivity contribution in [2.45, 2.75) is 12.3 Å². The molecular weight excluding hydrogens is 252 g/mol. The molecule has 0 aliphatic carbocycles. The van der Waals surface area contributed by atoms with E-state index >= 15 is 0 Å². The Balaban J connectivity index is 2.77. The van der Waals surface area contributed by atoms with Crippen molar-refractivity contribution in [1.29, 1.82) is 0 Å². The zero-order valence-electron chi connectivity index (χ0n) is 6.93. The summed E-state index contributed by atoms with van der Waals surface area (Å²) >= 11 is 4.96. The fourth-order valence-corrected chi connectivity index (χ4v) is 2.47. The van der Waals surface area contributed by atoms with Gasteiger partial charge in [-0.15, -0.1) is 11.3 Å². The van der Waals surface area contributed by atoms with Crippen LogP contribution in [-0.2, 0) is 5.33 Å². The molecule has 0 amide bonds. The molecule has 0 spiro atoms. The van der Waals surface area contributed by atoms with Crippen molar-refractivity contribution in [3.8, 4) is 0 Å². The third-order valence-corrected chi connectivity index (χ3v) is 3.75. The first-order chi connectivity index (χ1) is 6.20. The number of nitrogens with one attached hydrogen (secondary N) is 1. The zero-order valence-corrected chi connectivity index (χ0v) is 9.33. The Kier molecular flexibility index (Phi) is 2.21. The minimum Gasteiger partial charge on any atom is -0.318 e. The smallest absolute Gasteiger partial charge is 0.269 e. The molecule has 0 aliphatic rings. The molecule has 0 bridgehead atoms. The molecule has 0 fully saturated rings. The largest absolute Gasteiger partial charge is 0.318 e. The molecule has 0 saturated heterocycles. The van der Waals surface area contributed by atoms with Crippen molar-refractivity contribution in [3.63, 3.8) is 0 Å². The number of hydrogen-bond acceptors (Lipinski definition) is 3. The summed E-state index contributed by atoms with van der Waals surface area (Å²) in [6.45, 7) is 1.71. The molecule has 0 radical (unpaired) electrons. The first kappa shape index (κ1) is 8.90. The topological polar surface area (TPSA) is 45.8 Å². The van der Waals surface area contributed by atoms with E-state index in [1.54, 1.807) is 18.3 Å². The van der Waals surface area contributed by atoms with Crippen LogP contribution < -0.4 is 5.56 Å². The molecule has 3 nitrogen and oxygen atoms in total. The third kappa shape index (κ3) is 1.53. The van der Waals surface area contributed by atoms with Gasteiger partial charge in [-0.25, -0.2) is 4.98 Å². The van der Waals surface area contributed by atoms with Gasteiger partial charge < -0.3 is 4.98 Å². The van der Waals surface area contributed by atoms with Gasteiger partial charge in [0.25, 0.3) is 5.56 Å². The molecule has 13 heavy (non-hydrogen) atoms. The molecule has 0 aromatic carbocycles. The number of halogens is 1. The number of H-pyrrole nitrogens is 1. The second-order valence-electron chi connectivity index (χ2n) is 2.72. The minimum absolute atomic E-state index is 0.105. The van der Waals surface area contributed by atoms with Crippen molar-refractivity contribution in [1.82, 2.24) is 9.97 Å². The lowest BCUT2D eigenvalue weighted by molar-refractivity contribution is 1.13. The molecule has 2 rings (SSSR count). The Morgan fingerprint density at radius 2 is 2.46 bits per heavy atom. The fourth-order valence-electron chi connectivity index (χ4n) is 1.09. The van der Waals surface area contributed by atoms with E-state index in [0.29, 0.717) is 5.69 Å². The van der Waals surface area contributed by atoms with Gasteiger partial charge in [0.2, 0.25) is 0 Å². The van der Waals surface area contributed by atoms with Crippen LogP contribution in [0, 0.1) is 6.92 Å². The van der Waals surface area contributed by atoms with E-state index in [1.165, 1.54) is 4.88 Å². The number of aryl methyl sites for hydroxylation is 1. The highest BCUT2D eigenvalue weighted by Crippen LogP contribution is 2.22. The van der Waals surface area contributed by atoms with Gasteiger partial charge in [-0.3, -0.25) is 4.79 Å². The highest BCUT2D eigenvalue weighted by atomic mass is 79.9. The van der Waals surface area contributed by atoms with Gasteiger partial charge >= 0.3 is 0 Å². The van der Waals surface area contributed by atoms with Crippen molar-refractivity contribution in [2.75, 3.05) is 0 Å². The Hall–Kier alpha value is -0.680. The van der Waals surface area contributed by atoms with E-state index in [9.17, 15) is 4.79 Å². The second kappa shape index (κ2) is 3.23. The van der Waals surface area contributed by atoms with Gasteiger partial charge in [0.05, 0.1) is 5.52 Å². The number of alkyl halides is 1. The van der Waals surface area contributed by atoms with Crippen molar-refractivity contribution >= 4 is 37.6 Å². The van der Waals surface area contributed by atoms with E-state index in [-0.39, 0.29) is 5.56 Å². The summed E-state index contributed by atoms with van der Waals surface area (Å²) in [6, 6.07) is 1.95. The summed E-state index contributed by atoms with van der Waals surface area (Å²) < 4.78 is 0. The minimum atomic E-state index is -0.105. The summed E-state index contributed by atoms with van der Waals surface area (Å²) in [5, 5.41) is 0.801. The summed E-state index contributed by atoms with van der Waals surface area (Å²) in [5.41, 5.74) is 1.25. The quantitative estimate of drug-likeness (QED) is 0.798. The van der Waals surface area contributed by atoms with Crippen molar-refractivity contribution < 1.29 is 0 Å². The maximum atomic E-state index is 11.2. The second-order valence-corrected chi connectivity index (χ2v) is 4.39. The van der Waals surface area contributed by atoms with Crippen molar-refractivity contribution in [3.05, 3.63) is 27.0 Å². The average Bonchev–Trinajstić information content (AvgIpc) is 2.48. The third-order valence-electron chi connectivity index (χ3n) is 1.74. The fraction of sp³-hybridized carbons (Fsp3) is 0.250. The lowest BCUT2D eigenvalue weighted by Gasteiger charge is -1.89. The molecule has 2 heterocycles. The van der Waals surface area contributed by atoms with Gasteiger partial charge in [0, 0.05) is 10.2 Å². The van der Waals surface area contributed by atoms with Crippen molar-refractivity contribution in [2.24, 2.45) is 0 Å². The molecule has 0 aliphatic heterocycles. The van der Waals surface area contributed by atoms with Crippen LogP contribution in [0.2, 0.25) is 0 Å². The lowest BCUT2D eigenvalue weighted by atomic mass is 10.4. The molecule has 1 N–H and O–H groups in total. The molecule has 2 aromatic rings. The average molecular weight is 259 g/mol. The van der Waals surface area contributed by atoms with Crippen LogP contribution in [0.3, 0.4) is 0 Å². The highest BCUT2D eigenvalue weighted by Gasteiger charge is 2.04. The summed E-state index contributed by atoms with van der Waals surface area (Å²) in [5.74, 6) is 0. The predicted octanol–water partition coefficient (Wildman–Crippen LogP) is 2.19. The number of aromatic amines is 1. The summed E-state index contributed by atoms with van der Waals surface area (Å²) in [6.07, 6.45) is 0. The highest BCUT2D eigenvalue weighted by molar-refractivity contribution is 9.08. The first-order valence-electron chi connectivity index (χ1n) is 3.76.